The molecule has 0 fully saturated rings. The van der Waals surface area contributed by atoms with Gasteiger partial charge in [0.15, 0.2) is 0 Å². The van der Waals surface area contributed by atoms with Gasteiger partial charge in [0.25, 0.3) is 5.91 Å². The zero-order valence-corrected chi connectivity index (χ0v) is 17.0. The fraction of sp³-hybridized carbons (Fsp3) is 0.250. The van der Waals surface area contributed by atoms with Gasteiger partial charge in [0.05, 0.1) is 6.61 Å². The summed E-state index contributed by atoms with van der Waals surface area (Å²) in [5.74, 6) is -1.06. The monoisotopic (exact) mass is 434 g/mol. The molecule has 2 unspecified atom stereocenters. The average molecular weight is 434 g/mol. The second kappa shape index (κ2) is 12.1. The number of hydrogen-bond donors (Lipinski definition) is 3. The van der Waals surface area contributed by atoms with Crippen molar-refractivity contribution in [2.45, 2.75) is 19.6 Å². The van der Waals surface area contributed by atoms with Gasteiger partial charge in [-0.25, -0.2) is 4.79 Å². The molecule has 2 rings (SSSR count). The van der Waals surface area contributed by atoms with Crippen LogP contribution in [-0.4, -0.2) is 40.6 Å². The number of hydrogen-bond acceptors (Lipinski definition) is 8. The summed E-state index contributed by atoms with van der Waals surface area (Å²) in [4.78, 5) is 41.5. The molecule has 10 heteroatoms. The van der Waals surface area contributed by atoms with Gasteiger partial charge in [-0.3, -0.25) is 9.59 Å². The summed E-state index contributed by atoms with van der Waals surface area (Å²) < 4.78 is 5.00. The molecule has 2 atom stereocenters. The summed E-state index contributed by atoms with van der Waals surface area (Å²) in [5.41, 5.74) is 1.36. The molecule has 2 aromatic rings. The second-order valence-corrected chi connectivity index (χ2v) is 6.99. The molecule has 0 saturated carbocycles. The third kappa shape index (κ3) is 7.58. The van der Waals surface area contributed by atoms with Gasteiger partial charge >= 0.3 is 5.97 Å². The SMILES string of the molecule is CCOC(=O)C(CSC(=O)c1ccc(CO[NH+]([O-])O)cc1)NC(=O)c1ccccc1. The van der Waals surface area contributed by atoms with E-state index in [0.717, 1.165) is 11.8 Å². The smallest absolute Gasteiger partial charge is 0.329 e. The first-order valence-electron chi connectivity index (χ1n) is 9.05. The predicted molar refractivity (Wildman–Crippen MR) is 108 cm³/mol. The normalized spacial score (nSPS) is 12.6. The largest absolute Gasteiger partial charge is 0.566 e. The maximum absolute atomic E-state index is 12.4. The zero-order valence-electron chi connectivity index (χ0n) is 16.2. The van der Waals surface area contributed by atoms with Crippen molar-refractivity contribution in [1.82, 2.24) is 5.32 Å². The van der Waals surface area contributed by atoms with E-state index in [1.54, 1.807) is 49.4 Å². The van der Waals surface area contributed by atoms with Crippen molar-refractivity contribution >= 4 is 28.8 Å². The molecule has 0 saturated heterocycles. The van der Waals surface area contributed by atoms with E-state index in [1.807, 2.05) is 0 Å². The summed E-state index contributed by atoms with van der Waals surface area (Å²) in [6, 6.07) is 13.7. The number of thioether (sulfide) groups is 1. The number of carbonyl (C=O) groups excluding carboxylic acids is 3. The number of carbonyl (C=O) groups is 3. The van der Waals surface area contributed by atoms with E-state index in [9.17, 15) is 19.6 Å². The molecule has 2 aromatic carbocycles. The first-order chi connectivity index (χ1) is 14.4. The van der Waals surface area contributed by atoms with Crippen LogP contribution in [0.4, 0.5) is 0 Å². The van der Waals surface area contributed by atoms with E-state index in [0.29, 0.717) is 16.7 Å². The van der Waals surface area contributed by atoms with Crippen molar-refractivity contribution in [2.24, 2.45) is 0 Å². The van der Waals surface area contributed by atoms with Crippen LogP contribution in [0.3, 0.4) is 0 Å². The van der Waals surface area contributed by atoms with Gasteiger partial charge in [-0.2, -0.15) is 10.0 Å². The van der Waals surface area contributed by atoms with Crippen molar-refractivity contribution < 1.29 is 34.6 Å². The Morgan fingerprint density at radius 2 is 1.77 bits per heavy atom. The van der Waals surface area contributed by atoms with Crippen LogP contribution in [0.15, 0.2) is 54.6 Å². The standard InChI is InChI=1S/C20H22N2O7S/c1-2-28-19(24)17(21-18(23)15-6-4-3-5-7-15)13-30-20(25)16-10-8-14(9-11-16)12-29-22(26)27/h3-11,17,22,26H,2,12-13H2,1H3,(H,21,23). The fourth-order valence-corrected chi connectivity index (χ4v) is 3.21. The van der Waals surface area contributed by atoms with Gasteiger partial charge in [0.2, 0.25) is 5.12 Å². The molecule has 0 radical (unpaired) electrons. The highest BCUT2D eigenvalue weighted by molar-refractivity contribution is 8.14. The van der Waals surface area contributed by atoms with Crippen molar-refractivity contribution in [1.29, 1.82) is 0 Å². The highest BCUT2D eigenvalue weighted by Crippen LogP contribution is 2.16. The minimum Gasteiger partial charge on any atom is -0.566 e. The Bertz CT molecular complexity index is 844. The lowest BCUT2D eigenvalue weighted by molar-refractivity contribution is -1.21. The lowest BCUT2D eigenvalue weighted by atomic mass is 10.2. The number of rotatable bonds is 10. The van der Waals surface area contributed by atoms with Crippen LogP contribution in [0.25, 0.3) is 0 Å². The van der Waals surface area contributed by atoms with E-state index < -0.39 is 23.3 Å². The highest BCUT2D eigenvalue weighted by Gasteiger charge is 2.24. The first kappa shape index (κ1) is 23.5. The van der Waals surface area contributed by atoms with Gasteiger partial charge in [-0.15, -0.1) is 0 Å². The van der Waals surface area contributed by atoms with Gasteiger partial charge in [-0.05, 0) is 24.6 Å². The molecule has 9 nitrogen and oxygen atoms in total. The van der Waals surface area contributed by atoms with Crippen LogP contribution >= 0.6 is 11.8 Å². The highest BCUT2D eigenvalue weighted by atomic mass is 32.2. The molecule has 0 aliphatic heterocycles. The minimum absolute atomic E-state index is 0.000116. The van der Waals surface area contributed by atoms with Crippen molar-refractivity contribution in [2.75, 3.05) is 12.4 Å². The van der Waals surface area contributed by atoms with Crippen LogP contribution in [0, 0.1) is 5.21 Å². The molecule has 0 aliphatic carbocycles. The van der Waals surface area contributed by atoms with E-state index in [-0.39, 0.29) is 24.1 Å². The topological polar surface area (TPSA) is 129 Å². The molecular formula is C20H22N2O7S. The minimum atomic E-state index is -1.38. The van der Waals surface area contributed by atoms with E-state index >= 15 is 0 Å². The maximum Gasteiger partial charge on any atom is 0.329 e. The molecule has 0 spiro atoms. The van der Waals surface area contributed by atoms with Crippen LogP contribution in [0.5, 0.6) is 0 Å². The summed E-state index contributed by atoms with van der Waals surface area (Å²) >= 11 is 0.873. The van der Waals surface area contributed by atoms with Crippen molar-refractivity contribution in [3.8, 4) is 0 Å². The van der Waals surface area contributed by atoms with Crippen molar-refractivity contribution in [3.05, 3.63) is 76.5 Å². The Morgan fingerprint density at radius 3 is 2.37 bits per heavy atom. The summed E-state index contributed by atoms with van der Waals surface area (Å²) in [6.45, 7) is 1.68. The molecule has 0 aliphatic rings. The molecule has 3 N–H and O–H groups in total. The Morgan fingerprint density at radius 1 is 1.10 bits per heavy atom. The molecule has 0 heterocycles. The van der Waals surface area contributed by atoms with Gasteiger partial charge in [-0.1, -0.05) is 59.6 Å². The molecule has 30 heavy (non-hydrogen) atoms. The summed E-state index contributed by atoms with van der Waals surface area (Å²) in [7, 11) is 0. The Balaban J connectivity index is 1.97. The molecule has 0 aromatic heterocycles. The first-order valence-corrected chi connectivity index (χ1v) is 10.0. The van der Waals surface area contributed by atoms with Crippen LogP contribution < -0.4 is 10.7 Å². The van der Waals surface area contributed by atoms with Gasteiger partial charge in [0, 0.05) is 16.9 Å². The number of ether oxygens (including phenoxy) is 1. The van der Waals surface area contributed by atoms with Crippen LogP contribution in [-0.2, 0) is 21.0 Å². The Hall–Kier alpha value is -2.76. The maximum atomic E-state index is 12.4. The van der Waals surface area contributed by atoms with Crippen LogP contribution in [0.1, 0.15) is 33.2 Å². The molecular weight excluding hydrogens is 412 g/mol. The van der Waals surface area contributed by atoms with E-state index in [2.05, 4.69) is 10.2 Å². The molecule has 160 valence electrons. The lowest BCUT2D eigenvalue weighted by Gasteiger charge is -2.16. The average Bonchev–Trinajstić information content (AvgIpc) is 2.75. The van der Waals surface area contributed by atoms with Crippen LogP contribution in [0.2, 0.25) is 0 Å². The second-order valence-electron chi connectivity index (χ2n) is 5.99. The quantitative estimate of drug-likeness (QED) is 0.375. The number of nitrogens with one attached hydrogen (secondary N) is 2. The predicted octanol–water partition coefficient (Wildman–Crippen LogP) is 1.13. The fourth-order valence-electron chi connectivity index (χ4n) is 2.37. The number of esters is 1. The van der Waals surface area contributed by atoms with E-state index in [1.165, 1.54) is 12.1 Å². The molecule has 0 bridgehead atoms. The number of amides is 1. The third-order valence-electron chi connectivity index (χ3n) is 3.85. The summed E-state index contributed by atoms with van der Waals surface area (Å²) in [5, 5.41) is 19.8. The lowest BCUT2D eigenvalue weighted by Crippen LogP contribution is -3.03. The van der Waals surface area contributed by atoms with Crippen molar-refractivity contribution in [3.63, 3.8) is 0 Å². The Labute approximate surface area is 177 Å². The third-order valence-corrected chi connectivity index (χ3v) is 4.84. The summed E-state index contributed by atoms with van der Waals surface area (Å²) in [6.07, 6.45) is 0. The van der Waals surface area contributed by atoms with Gasteiger partial charge in [0.1, 0.15) is 12.6 Å². The zero-order chi connectivity index (χ0) is 21.9. The van der Waals surface area contributed by atoms with E-state index in [4.69, 9.17) is 9.94 Å². The Kier molecular flexibility index (Phi) is 9.45. The van der Waals surface area contributed by atoms with Gasteiger partial charge < -0.3 is 15.3 Å². The number of quaternary nitrogens is 1. The molecule has 1 amide bonds. The number of benzene rings is 2.